The summed E-state index contributed by atoms with van der Waals surface area (Å²) in [6.45, 7) is 0.177. The van der Waals surface area contributed by atoms with E-state index in [1.807, 2.05) is 5.48 Å². The van der Waals surface area contributed by atoms with Gasteiger partial charge in [0, 0.05) is 7.05 Å². The molecule has 3 N–H and O–H groups in total. The number of aromatic nitrogens is 2. The van der Waals surface area contributed by atoms with Gasteiger partial charge in [0.25, 0.3) is 0 Å². The minimum absolute atomic E-state index is 0.0252. The van der Waals surface area contributed by atoms with Gasteiger partial charge in [0.05, 0.1) is 12.2 Å². The lowest BCUT2D eigenvalue weighted by molar-refractivity contribution is 0.0689. The fraction of sp³-hybridized carbons (Fsp3) is 0.333. The summed E-state index contributed by atoms with van der Waals surface area (Å²) in [4.78, 5) is 10.4. The van der Waals surface area contributed by atoms with E-state index in [0.717, 1.165) is 0 Å². The van der Waals surface area contributed by atoms with Gasteiger partial charge in [0.2, 0.25) is 0 Å². The van der Waals surface area contributed by atoms with Crippen molar-refractivity contribution in [2.45, 2.75) is 6.54 Å². The average molecular weight is 171 g/mol. The van der Waals surface area contributed by atoms with E-state index in [9.17, 15) is 4.79 Å². The summed E-state index contributed by atoms with van der Waals surface area (Å²) in [7, 11) is 1.61. The first kappa shape index (κ1) is 8.69. The van der Waals surface area contributed by atoms with Crippen molar-refractivity contribution in [3.8, 4) is 0 Å². The van der Waals surface area contributed by atoms with Crippen LogP contribution in [0.25, 0.3) is 0 Å². The van der Waals surface area contributed by atoms with Gasteiger partial charge < -0.3 is 10.3 Å². The standard InChI is InChI=1S/C6H9N3O3/c1-9-4(3-7-12)2-5(8-9)6(10)11/h2,7,12H,3H2,1H3,(H,10,11). The van der Waals surface area contributed by atoms with E-state index in [0.29, 0.717) is 5.69 Å². The number of aromatic carboxylic acids is 1. The van der Waals surface area contributed by atoms with E-state index in [1.54, 1.807) is 7.05 Å². The summed E-state index contributed by atoms with van der Waals surface area (Å²) in [5.74, 6) is -1.07. The number of hydrogen-bond acceptors (Lipinski definition) is 4. The summed E-state index contributed by atoms with van der Waals surface area (Å²) in [5.41, 5.74) is 2.50. The first-order chi connectivity index (χ1) is 5.65. The molecule has 66 valence electrons. The Labute approximate surface area is 68.4 Å². The highest BCUT2D eigenvalue weighted by Gasteiger charge is 2.09. The maximum Gasteiger partial charge on any atom is 0.356 e. The molecule has 0 aliphatic carbocycles. The maximum atomic E-state index is 10.4. The van der Waals surface area contributed by atoms with Crippen molar-refractivity contribution >= 4 is 5.97 Å². The van der Waals surface area contributed by atoms with Crippen LogP contribution < -0.4 is 5.48 Å². The Hall–Kier alpha value is -1.40. The SMILES string of the molecule is Cn1nc(C(=O)O)cc1CNO. The number of nitrogens with zero attached hydrogens (tertiary/aromatic N) is 2. The third kappa shape index (κ3) is 1.60. The minimum Gasteiger partial charge on any atom is -0.476 e. The first-order valence-electron chi connectivity index (χ1n) is 3.28. The maximum absolute atomic E-state index is 10.4. The normalized spacial score (nSPS) is 10.2. The molecule has 0 aliphatic heterocycles. The quantitative estimate of drug-likeness (QED) is 0.538. The average Bonchev–Trinajstić information content (AvgIpc) is 2.34. The molecule has 1 rings (SSSR count). The van der Waals surface area contributed by atoms with E-state index in [1.165, 1.54) is 10.7 Å². The largest absolute Gasteiger partial charge is 0.476 e. The molecule has 12 heavy (non-hydrogen) atoms. The van der Waals surface area contributed by atoms with Crippen LogP contribution in [-0.4, -0.2) is 26.1 Å². The summed E-state index contributed by atoms with van der Waals surface area (Å²) >= 11 is 0. The van der Waals surface area contributed by atoms with Gasteiger partial charge in [-0.1, -0.05) is 0 Å². The van der Waals surface area contributed by atoms with Crippen molar-refractivity contribution in [3.63, 3.8) is 0 Å². The van der Waals surface area contributed by atoms with Crippen LogP contribution >= 0.6 is 0 Å². The third-order valence-electron chi connectivity index (χ3n) is 1.46. The molecular weight excluding hydrogens is 162 g/mol. The molecule has 0 aromatic carbocycles. The van der Waals surface area contributed by atoms with Crippen molar-refractivity contribution in [2.75, 3.05) is 0 Å². The second-order valence-electron chi connectivity index (χ2n) is 2.28. The molecule has 1 heterocycles. The van der Waals surface area contributed by atoms with Gasteiger partial charge in [0.15, 0.2) is 5.69 Å². The number of aryl methyl sites for hydroxylation is 1. The zero-order chi connectivity index (χ0) is 9.14. The molecule has 6 heteroatoms. The third-order valence-corrected chi connectivity index (χ3v) is 1.46. The molecule has 0 radical (unpaired) electrons. The molecule has 0 bridgehead atoms. The lowest BCUT2D eigenvalue weighted by Gasteiger charge is -1.96. The summed E-state index contributed by atoms with van der Waals surface area (Å²) in [6.07, 6.45) is 0. The molecular formula is C6H9N3O3. The van der Waals surface area contributed by atoms with Gasteiger partial charge in [-0.15, -0.1) is 0 Å². The van der Waals surface area contributed by atoms with Gasteiger partial charge in [-0.25, -0.2) is 4.79 Å². The molecule has 1 aromatic rings. The number of carboxylic acids is 1. The van der Waals surface area contributed by atoms with Crippen LogP contribution in [0.15, 0.2) is 6.07 Å². The molecule has 0 aliphatic rings. The Morgan fingerprint density at radius 1 is 1.83 bits per heavy atom. The van der Waals surface area contributed by atoms with Gasteiger partial charge >= 0.3 is 5.97 Å². The molecule has 6 nitrogen and oxygen atoms in total. The lowest BCUT2D eigenvalue weighted by Crippen LogP contribution is -2.10. The predicted octanol–water partition coefficient (Wildman–Crippen LogP) is -0.403. The molecule has 0 atom stereocenters. The summed E-state index contributed by atoms with van der Waals surface area (Å²) in [6, 6.07) is 1.39. The molecule has 0 amide bonds. The van der Waals surface area contributed by atoms with E-state index in [-0.39, 0.29) is 12.2 Å². The molecule has 1 aromatic heterocycles. The van der Waals surface area contributed by atoms with Gasteiger partial charge in [-0.2, -0.15) is 10.6 Å². The van der Waals surface area contributed by atoms with E-state index in [4.69, 9.17) is 10.3 Å². The number of rotatable bonds is 3. The fourth-order valence-electron chi connectivity index (χ4n) is 0.857. The monoisotopic (exact) mass is 171 g/mol. The number of hydroxylamine groups is 1. The topological polar surface area (TPSA) is 87.4 Å². The van der Waals surface area contributed by atoms with Crippen molar-refractivity contribution in [2.24, 2.45) is 7.05 Å². The zero-order valence-electron chi connectivity index (χ0n) is 6.48. The molecule has 0 fully saturated rings. The number of hydrogen-bond donors (Lipinski definition) is 3. The number of carboxylic acid groups (broad SMARTS) is 1. The summed E-state index contributed by atoms with van der Waals surface area (Å²) < 4.78 is 1.40. The molecule has 0 spiro atoms. The van der Waals surface area contributed by atoms with Crippen molar-refractivity contribution < 1.29 is 15.1 Å². The van der Waals surface area contributed by atoms with E-state index < -0.39 is 5.97 Å². The highest BCUT2D eigenvalue weighted by Crippen LogP contribution is 2.01. The first-order valence-corrected chi connectivity index (χ1v) is 3.28. The molecule has 0 saturated carbocycles. The molecule has 0 saturated heterocycles. The Kier molecular flexibility index (Phi) is 2.41. The highest BCUT2D eigenvalue weighted by atomic mass is 16.5. The fourth-order valence-corrected chi connectivity index (χ4v) is 0.857. The van der Waals surface area contributed by atoms with Crippen molar-refractivity contribution in [1.82, 2.24) is 15.3 Å². The number of carbonyl (C=O) groups is 1. The predicted molar refractivity (Wildman–Crippen MR) is 38.8 cm³/mol. The minimum atomic E-state index is -1.07. The van der Waals surface area contributed by atoms with Gasteiger partial charge in [-0.05, 0) is 6.07 Å². The van der Waals surface area contributed by atoms with Crippen molar-refractivity contribution in [1.29, 1.82) is 0 Å². The lowest BCUT2D eigenvalue weighted by atomic mass is 10.3. The van der Waals surface area contributed by atoms with Crippen molar-refractivity contribution in [3.05, 3.63) is 17.5 Å². The summed E-state index contributed by atoms with van der Waals surface area (Å²) in [5, 5.41) is 20.6. The van der Waals surface area contributed by atoms with Crippen LogP contribution in [0.5, 0.6) is 0 Å². The Balaban J connectivity index is 2.92. The Bertz CT molecular complexity index is 294. The van der Waals surface area contributed by atoms with Crippen LogP contribution in [0.1, 0.15) is 16.2 Å². The van der Waals surface area contributed by atoms with Gasteiger partial charge in [-0.3, -0.25) is 4.68 Å². The Morgan fingerprint density at radius 2 is 2.50 bits per heavy atom. The number of nitrogens with one attached hydrogen (secondary N) is 1. The highest BCUT2D eigenvalue weighted by molar-refractivity contribution is 5.85. The zero-order valence-corrected chi connectivity index (χ0v) is 6.48. The Morgan fingerprint density at radius 3 is 2.92 bits per heavy atom. The van der Waals surface area contributed by atoms with Crippen LogP contribution in [0.2, 0.25) is 0 Å². The second-order valence-corrected chi connectivity index (χ2v) is 2.28. The second kappa shape index (κ2) is 3.33. The smallest absolute Gasteiger partial charge is 0.356 e. The van der Waals surface area contributed by atoms with Crippen LogP contribution in [-0.2, 0) is 13.6 Å². The van der Waals surface area contributed by atoms with E-state index >= 15 is 0 Å². The van der Waals surface area contributed by atoms with Crippen LogP contribution in [0.4, 0.5) is 0 Å². The van der Waals surface area contributed by atoms with Crippen LogP contribution in [0, 0.1) is 0 Å². The molecule has 0 unspecified atom stereocenters. The van der Waals surface area contributed by atoms with E-state index in [2.05, 4.69) is 5.10 Å². The van der Waals surface area contributed by atoms with Crippen LogP contribution in [0.3, 0.4) is 0 Å². The van der Waals surface area contributed by atoms with Gasteiger partial charge in [0.1, 0.15) is 0 Å².